The molecule has 9 heteroatoms. The number of carboxylic acids is 1. The van der Waals surface area contributed by atoms with Gasteiger partial charge in [0.2, 0.25) is 10.0 Å². The molecule has 1 saturated carbocycles. The Morgan fingerprint density at radius 2 is 1.85 bits per heavy atom. The van der Waals surface area contributed by atoms with Crippen molar-refractivity contribution in [1.82, 2.24) is 15.4 Å². The minimum absolute atomic E-state index is 0.121. The predicted octanol–water partition coefficient (Wildman–Crippen LogP) is -0.520. The Kier molecular flexibility index (Phi) is 5.75. The molecule has 1 aliphatic carbocycles. The highest BCUT2D eigenvalue weighted by Gasteiger charge is 2.44. The van der Waals surface area contributed by atoms with Crippen LogP contribution in [-0.2, 0) is 14.8 Å². The third-order valence-electron chi connectivity index (χ3n) is 3.36. The molecule has 0 saturated heterocycles. The SMILES string of the molecule is CS(=O)(=O)NCCCNC(=O)NCC1(C(=O)O)CCC1. The van der Waals surface area contributed by atoms with Crippen molar-refractivity contribution in [2.45, 2.75) is 25.7 Å². The van der Waals surface area contributed by atoms with Crippen LogP contribution in [0.15, 0.2) is 0 Å². The smallest absolute Gasteiger partial charge is 0.314 e. The Hall–Kier alpha value is -1.35. The summed E-state index contributed by atoms with van der Waals surface area (Å²) in [5, 5.41) is 14.2. The van der Waals surface area contributed by atoms with Gasteiger partial charge in [0, 0.05) is 19.6 Å². The van der Waals surface area contributed by atoms with Gasteiger partial charge in [-0.2, -0.15) is 0 Å². The number of nitrogens with one attached hydrogen (secondary N) is 3. The first kappa shape index (κ1) is 16.7. The van der Waals surface area contributed by atoms with Crippen LogP contribution in [0.3, 0.4) is 0 Å². The average Bonchev–Trinajstić information content (AvgIpc) is 2.24. The molecule has 0 aromatic heterocycles. The molecule has 116 valence electrons. The maximum absolute atomic E-state index is 11.5. The molecule has 8 nitrogen and oxygen atoms in total. The van der Waals surface area contributed by atoms with E-state index in [0.717, 1.165) is 12.7 Å². The van der Waals surface area contributed by atoms with E-state index in [-0.39, 0.29) is 13.1 Å². The van der Waals surface area contributed by atoms with E-state index in [9.17, 15) is 18.0 Å². The number of rotatable bonds is 8. The summed E-state index contributed by atoms with van der Waals surface area (Å²) < 4.78 is 23.9. The van der Waals surface area contributed by atoms with Crippen LogP contribution in [0.5, 0.6) is 0 Å². The summed E-state index contributed by atoms with van der Waals surface area (Å²) in [6.45, 7) is 0.683. The number of carbonyl (C=O) groups is 2. The fourth-order valence-corrected chi connectivity index (χ4v) is 2.44. The van der Waals surface area contributed by atoms with Gasteiger partial charge in [0.15, 0.2) is 0 Å². The van der Waals surface area contributed by atoms with Gasteiger partial charge in [-0.25, -0.2) is 17.9 Å². The monoisotopic (exact) mass is 307 g/mol. The standard InChI is InChI=1S/C11H21N3O5S/c1-20(18,19)14-7-3-6-12-10(17)13-8-11(9(15)16)4-2-5-11/h14H,2-8H2,1H3,(H,15,16)(H2,12,13,17). The summed E-state index contributed by atoms with van der Waals surface area (Å²) in [5.74, 6) is -0.874. The number of carbonyl (C=O) groups excluding carboxylic acids is 1. The van der Waals surface area contributed by atoms with E-state index in [0.29, 0.717) is 25.8 Å². The van der Waals surface area contributed by atoms with Crippen molar-refractivity contribution in [3.63, 3.8) is 0 Å². The molecule has 2 amide bonds. The molecule has 1 rings (SSSR count). The second-order valence-corrected chi connectivity index (χ2v) is 6.90. The van der Waals surface area contributed by atoms with Crippen LogP contribution in [0.2, 0.25) is 0 Å². The first-order chi connectivity index (χ1) is 9.25. The van der Waals surface area contributed by atoms with E-state index < -0.39 is 27.4 Å². The quantitative estimate of drug-likeness (QED) is 0.449. The van der Waals surface area contributed by atoms with Gasteiger partial charge in [0.25, 0.3) is 0 Å². The van der Waals surface area contributed by atoms with Crippen LogP contribution in [0, 0.1) is 5.41 Å². The fraction of sp³-hybridized carbons (Fsp3) is 0.818. The van der Waals surface area contributed by atoms with Crippen LogP contribution in [0.25, 0.3) is 0 Å². The highest BCUT2D eigenvalue weighted by Crippen LogP contribution is 2.40. The van der Waals surface area contributed by atoms with Gasteiger partial charge in [-0.1, -0.05) is 6.42 Å². The molecule has 0 aromatic carbocycles. The fourth-order valence-electron chi connectivity index (χ4n) is 1.93. The number of amides is 2. The molecule has 0 atom stereocenters. The molecule has 0 aliphatic heterocycles. The zero-order valence-corrected chi connectivity index (χ0v) is 12.3. The highest BCUT2D eigenvalue weighted by molar-refractivity contribution is 7.88. The van der Waals surface area contributed by atoms with Crippen LogP contribution >= 0.6 is 0 Å². The largest absolute Gasteiger partial charge is 0.481 e. The Bertz CT molecular complexity index is 459. The van der Waals surface area contributed by atoms with E-state index in [4.69, 9.17) is 5.11 Å². The highest BCUT2D eigenvalue weighted by atomic mass is 32.2. The number of sulfonamides is 1. The first-order valence-electron chi connectivity index (χ1n) is 6.45. The normalized spacial score (nSPS) is 17.1. The summed E-state index contributed by atoms with van der Waals surface area (Å²) in [7, 11) is -3.20. The number of hydrogen-bond acceptors (Lipinski definition) is 4. The number of carboxylic acid groups (broad SMARTS) is 1. The van der Waals surface area contributed by atoms with E-state index in [2.05, 4.69) is 15.4 Å². The van der Waals surface area contributed by atoms with E-state index in [1.54, 1.807) is 0 Å². The van der Waals surface area contributed by atoms with Crippen molar-refractivity contribution in [2.24, 2.45) is 5.41 Å². The van der Waals surface area contributed by atoms with Gasteiger partial charge in [-0.15, -0.1) is 0 Å². The zero-order valence-electron chi connectivity index (χ0n) is 11.4. The van der Waals surface area contributed by atoms with Crippen LogP contribution in [0.1, 0.15) is 25.7 Å². The minimum Gasteiger partial charge on any atom is -0.481 e. The lowest BCUT2D eigenvalue weighted by molar-refractivity contribution is -0.153. The molecule has 0 unspecified atom stereocenters. The maximum Gasteiger partial charge on any atom is 0.314 e. The molecular formula is C11H21N3O5S. The van der Waals surface area contributed by atoms with Gasteiger partial charge in [0.1, 0.15) is 0 Å². The molecule has 1 fully saturated rings. The molecule has 0 spiro atoms. The average molecular weight is 307 g/mol. The maximum atomic E-state index is 11.5. The van der Waals surface area contributed by atoms with E-state index in [1.165, 1.54) is 0 Å². The Balaban J connectivity index is 2.13. The molecule has 0 heterocycles. The van der Waals surface area contributed by atoms with Gasteiger partial charge < -0.3 is 15.7 Å². The summed E-state index contributed by atoms with van der Waals surface area (Å²) >= 11 is 0. The lowest BCUT2D eigenvalue weighted by Crippen LogP contribution is -2.49. The molecule has 0 aromatic rings. The van der Waals surface area contributed by atoms with Crippen molar-refractivity contribution in [1.29, 1.82) is 0 Å². The van der Waals surface area contributed by atoms with Crippen molar-refractivity contribution in [2.75, 3.05) is 25.9 Å². The second kappa shape index (κ2) is 6.89. The zero-order chi connectivity index (χ0) is 15.2. The third kappa shape index (κ3) is 5.33. The van der Waals surface area contributed by atoms with Crippen molar-refractivity contribution in [3.8, 4) is 0 Å². The summed E-state index contributed by atoms with van der Waals surface area (Å²) in [6.07, 6.45) is 3.57. The summed E-state index contributed by atoms with van der Waals surface area (Å²) in [4.78, 5) is 22.5. The van der Waals surface area contributed by atoms with Gasteiger partial charge in [0.05, 0.1) is 11.7 Å². The third-order valence-corrected chi connectivity index (χ3v) is 4.08. The topological polar surface area (TPSA) is 125 Å². The molecule has 4 N–H and O–H groups in total. The molecule has 20 heavy (non-hydrogen) atoms. The first-order valence-corrected chi connectivity index (χ1v) is 8.34. The van der Waals surface area contributed by atoms with Crippen molar-refractivity contribution in [3.05, 3.63) is 0 Å². The minimum atomic E-state index is -3.20. The Labute approximate surface area is 118 Å². The summed E-state index contributed by atoms with van der Waals surface area (Å²) in [6, 6.07) is -0.433. The van der Waals surface area contributed by atoms with Crippen LogP contribution < -0.4 is 15.4 Å². The van der Waals surface area contributed by atoms with Crippen LogP contribution in [0.4, 0.5) is 4.79 Å². The van der Waals surface area contributed by atoms with Crippen molar-refractivity contribution < 1.29 is 23.1 Å². The van der Waals surface area contributed by atoms with Gasteiger partial charge >= 0.3 is 12.0 Å². The second-order valence-electron chi connectivity index (χ2n) is 5.07. The summed E-state index contributed by atoms with van der Waals surface area (Å²) in [5.41, 5.74) is -0.810. The number of urea groups is 1. The molecule has 1 aliphatic rings. The molecular weight excluding hydrogens is 286 g/mol. The lowest BCUT2D eigenvalue weighted by atomic mass is 9.69. The molecule has 0 bridgehead atoms. The van der Waals surface area contributed by atoms with Crippen molar-refractivity contribution >= 4 is 22.0 Å². The Morgan fingerprint density at radius 3 is 2.30 bits per heavy atom. The van der Waals surface area contributed by atoms with E-state index in [1.807, 2.05) is 0 Å². The molecule has 0 radical (unpaired) electrons. The predicted molar refractivity (Wildman–Crippen MR) is 72.8 cm³/mol. The van der Waals surface area contributed by atoms with Gasteiger partial charge in [-0.3, -0.25) is 4.79 Å². The van der Waals surface area contributed by atoms with Crippen LogP contribution in [-0.4, -0.2) is 51.4 Å². The van der Waals surface area contributed by atoms with Gasteiger partial charge in [-0.05, 0) is 19.3 Å². The number of aliphatic carboxylic acids is 1. The Morgan fingerprint density at radius 1 is 1.20 bits per heavy atom. The lowest BCUT2D eigenvalue weighted by Gasteiger charge is -2.37. The number of hydrogen-bond donors (Lipinski definition) is 4. The van der Waals surface area contributed by atoms with E-state index >= 15 is 0 Å².